The van der Waals surface area contributed by atoms with Gasteiger partial charge in [-0.1, -0.05) is 12.1 Å². The third kappa shape index (κ3) is 10.7. The van der Waals surface area contributed by atoms with Crippen LogP contribution in [0, 0.1) is 6.92 Å². The molecule has 17 nitrogen and oxygen atoms in total. The summed E-state index contributed by atoms with van der Waals surface area (Å²) in [6, 6.07) is 19.3. The van der Waals surface area contributed by atoms with Crippen molar-refractivity contribution in [3.8, 4) is 23.0 Å². The predicted octanol–water partition coefficient (Wildman–Crippen LogP) is 7.66. The van der Waals surface area contributed by atoms with Crippen LogP contribution in [-0.2, 0) is 11.2 Å². The molecule has 0 spiro atoms. The topological polar surface area (TPSA) is 214 Å². The number of ether oxygens (including phenoxy) is 3. The molecule has 4 heterocycles. The summed E-state index contributed by atoms with van der Waals surface area (Å²) in [6.07, 6.45) is 3.00. The van der Waals surface area contributed by atoms with Crippen LogP contribution in [-0.4, -0.2) is 85.4 Å². The first-order chi connectivity index (χ1) is 31.2. The molecule has 0 atom stereocenters. The van der Waals surface area contributed by atoms with Crippen LogP contribution >= 0.6 is 0 Å². The number of amides is 4. The van der Waals surface area contributed by atoms with Crippen molar-refractivity contribution in [2.75, 3.05) is 61.5 Å². The van der Waals surface area contributed by atoms with E-state index in [1.165, 1.54) is 31.2 Å². The second-order valence-corrected chi connectivity index (χ2v) is 16.5. The molecule has 0 unspecified atom stereocenters. The quantitative estimate of drug-likeness (QED) is 0.0481. The lowest BCUT2D eigenvalue weighted by atomic mass is 9.95. The van der Waals surface area contributed by atoms with Crippen molar-refractivity contribution in [1.82, 2.24) is 9.80 Å². The molecule has 0 saturated carbocycles. The Labute approximate surface area is 373 Å². The zero-order valence-corrected chi connectivity index (χ0v) is 36.4. The number of likely N-dealkylation sites (tertiary alicyclic amines) is 2. The number of urea groups is 2. The lowest BCUT2D eigenvalue weighted by Gasteiger charge is -2.30. The van der Waals surface area contributed by atoms with Gasteiger partial charge in [-0.25, -0.2) is 19.2 Å². The summed E-state index contributed by atoms with van der Waals surface area (Å²) in [4.78, 5) is 69.6. The molecule has 8 rings (SSSR count). The smallest absolute Gasteiger partial charge is 0.360 e. The summed E-state index contributed by atoms with van der Waals surface area (Å²) in [7, 11) is 4.12. The highest BCUT2D eigenvalue weighted by Crippen LogP contribution is 2.38. The Bertz CT molecular complexity index is 2900. The molecule has 4 amide bonds. The number of nitrogens with zero attached hydrogens (tertiary/aromatic N) is 2. The number of hydrogen-bond donors (Lipinski definition) is 5. The number of aryl methyl sites for hydroxylation is 1. The van der Waals surface area contributed by atoms with Crippen molar-refractivity contribution < 1.29 is 42.5 Å². The fourth-order valence-corrected chi connectivity index (χ4v) is 8.10. The van der Waals surface area contributed by atoms with Gasteiger partial charge in [-0.15, -0.1) is 0 Å². The second kappa shape index (κ2) is 19.2. The Morgan fingerprint density at radius 1 is 0.692 bits per heavy atom. The molecule has 0 aliphatic carbocycles. The number of hydrogen-bond acceptors (Lipinski definition) is 13. The molecule has 0 radical (unpaired) electrons. The van der Waals surface area contributed by atoms with Crippen molar-refractivity contribution in [2.24, 2.45) is 0 Å². The highest BCUT2D eigenvalue weighted by Gasteiger charge is 2.26. The zero-order chi connectivity index (χ0) is 45.8. The van der Waals surface area contributed by atoms with Crippen LogP contribution in [0.5, 0.6) is 23.0 Å². The van der Waals surface area contributed by atoms with E-state index in [0.717, 1.165) is 51.9 Å². The van der Waals surface area contributed by atoms with Gasteiger partial charge in [0.1, 0.15) is 57.7 Å². The van der Waals surface area contributed by atoms with Crippen LogP contribution in [0.2, 0.25) is 0 Å². The first kappa shape index (κ1) is 44.2. The minimum absolute atomic E-state index is 0.0481. The number of rotatable bonds is 11. The van der Waals surface area contributed by atoms with E-state index in [1.54, 1.807) is 42.5 Å². The Morgan fingerprint density at radius 3 is 1.88 bits per heavy atom. The van der Waals surface area contributed by atoms with Crippen LogP contribution < -0.4 is 46.7 Å². The maximum Gasteiger partial charge on any atom is 0.360 e. The van der Waals surface area contributed by atoms with E-state index in [0.29, 0.717) is 50.3 Å². The maximum atomic E-state index is 13.8. The van der Waals surface area contributed by atoms with Crippen molar-refractivity contribution in [3.63, 3.8) is 0 Å². The second-order valence-electron chi connectivity index (χ2n) is 16.5. The predicted molar refractivity (Wildman–Crippen MR) is 246 cm³/mol. The van der Waals surface area contributed by atoms with E-state index in [9.17, 15) is 29.1 Å². The fraction of sp³-hybridized carbons (Fsp3) is 0.312. The summed E-state index contributed by atoms with van der Waals surface area (Å²) in [5.74, 6) is 0.667. The van der Waals surface area contributed by atoms with E-state index in [-0.39, 0.29) is 52.7 Å². The average molecular weight is 887 g/mol. The molecule has 17 heteroatoms. The van der Waals surface area contributed by atoms with Gasteiger partial charge >= 0.3 is 29.3 Å². The Balaban J connectivity index is 1.19. The molecule has 2 aliphatic heterocycles. The summed E-state index contributed by atoms with van der Waals surface area (Å²) in [6.45, 7) is 6.46. The number of benzene rings is 4. The van der Waals surface area contributed by atoms with E-state index in [2.05, 4.69) is 45.2 Å². The van der Waals surface area contributed by atoms with E-state index in [1.807, 2.05) is 19.1 Å². The minimum Gasteiger partial charge on any atom is -0.508 e. The largest absolute Gasteiger partial charge is 0.508 e. The SMILES string of the molecule is CC(=O)Oc1cccc(NC(=O)Nc2cc3ccc(OC4CCN(C)CC4)c(Cc4cc(OC5CCN(C)CC5)c(C)c5oc(=O)c(NC(=O)Nc6cccc(O)c6)cc45)c3oc2=O)c1. The van der Waals surface area contributed by atoms with Gasteiger partial charge in [-0.3, -0.25) is 4.79 Å². The van der Waals surface area contributed by atoms with Gasteiger partial charge in [-0.05, 0) is 107 Å². The number of anilines is 4. The molecule has 2 aromatic heterocycles. The third-order valence-electron chi connectivity index (χ3n) is 11.5. The van der Waals surface area contributed by atoms with Gasteiger partial charge in [0.2, 0.25) is 0 Å². The molecule has 4 aromatic carbocycles. The zero-order valence-electron chi connectivity index (χ0n) is 36.4. The lowest BCUT2D eigenvalue weighted by Crippen LogP contribution is -2.35. The fourth-order valence-electron chi connectivity index (χ4n) is 8.10. The Kier molecular flexibility index (Phi) is 13.0. The van der Waals surface area contributed by atoms with Gasteiger partial charge < -0.3 is 59.2 Å². The molecular weight excluding hydrogens is 837 g/mol. The summed E-state index contributed by atoms with van der Waals surface area (Å²) in [5.41, 5.74) is 0.944. The van der Waals surface area contributed by atoms with Crippen LogP contribution in [0.3, 0.4) is 0 Å². The standard InChI is InChI=1S/C48H50N6O11/c1-27-42(63-35-15-19-54(4)20-16-35)23-30(37-26-40(46(58)64-43(27)37)52-47(59)49-31-7-5-9-33(56)24-31)21-38-41(62-34-13-17-53(3)18-14-34)12-11-29-22-39(45(57)65-44(29)38)51-48(60)50-32-8-6-10-36(25-32)61-28(2)55/h5-12,22-26,34-35,56H,13-21H2,1-4H3,(H2,49,52,59)(H2,50,51,60). The number of nitrogens with one attached hydrogen (secondary N) is 4. The molecule has 0 bridgehead atoms. The van der Waals surface area contributed by atoms with Crippen LogP contribution in [0.4, 0.5) is 32.3 Å². The van der Waals surface area contributed by atoms with Gasteiger partial charge in [0.15, 0.2) is 0 Å². The number of fused-ring (bicyclic) bond motifs is 2. The molecule has 2 aliphatic rings. The number of carbonyl (C=O) groups is 3. The minimum atomic E-state index is -0.825. The average Bonchev–Trinajstić information content (AvgIpc) is 3.25. The first-order valence-corrected chi connectivity index (χ1v) is 21.4. The molecule has 6 aromatic rings. The number of carbonyl (C=O) groups excluding carboxylic acids is 3. The van der Waals surface area contributed by atoms with E-state index in [4.69, 9.17) is 23.0 Å². The molecular formula is C48H50N6O11. The highest BCUT2D eigenvalue weighted by atomic mass is 16.5. The normalized spacial score (nSPS) is 15.1. The van der Waals surface area contributed by atoms with Crippen LogP contribution in [0.15, 0.2) is 97.3 Å². The van der Waals surface area contributed by atoms with E-state index < -0.39 is 29.3 Å². The Hall–Kier alpha value is -7.37. The number of esters is 1. The van der Waals surface area contributed by atoms with Gasteiger partial charge in [0, 0.05) is 84.9 Å². The van der Waals surface area contributed by atoms with Crippen molar-refractivity contribution in [1.29, 1.82) is 0 Å². The van der Waals surface area contributed by atoms with Gasteiger partial charge in [0.25, 0.3) is 0 Å². The monoisotopic (exact) mass is 886 g/mol. The maximum absolute atomic E-state index is 13.8. The summed E-state index contributed by atoms with van der Waals surface area (Å²) < 4.78 is 30.6. The van der Waals surface area contributed by atoms with Gasteiger partial charge in [-0.2, -0.15) is 0 Å². The third-order valence-corrected chi connectivity index (χ3v) is 11.5. The van der Waals surface area contributed by atoms with Crippen LogP contribution in [0.1, 0.15) is 49.3 Å². The molecule has 5 N–H and O–H groups in total. The summed E-state index contributed by atoms with van der Waals surface area (Å²) in [5, 5.41) is 21.3. The van der Waals surface area contributed by atoms with Crippen molar-refractivity contribution in [2.45, 2.75) is 58.2 Å². The number of piperidine rings is 2. The summed E-state index contributed by atoms with van der Waals surface area (Å²) >= 11 is 0. The highest BCUT2D eigenvalue weighted by molar-refractivity contribution is 6.02. The van der Waals surface area contributed by atoms with E-state index >= 15 is 0 Å². The van der Waals surface area contributed by atoms with Gasteiger partial charge in [0.05, 0.1) is 0 Å². The van der Waals surface area contributed by atoms with Crippen molar-refractivity contribution >= 4 is 62.7 Å². The number of phenols is 1. The number of phenolic OH excluding ortho intramolecular Hbond substituents is 1. The molecule has 2 fully saturated rings. The first-order valence-electron chi connectivity index (χ1n) is 21.4. The Morgan fingerprint density at radius 2 is 1.26 bits per heavy atom. The molecule has 65 heavy (non-hydrogen) atoms. The lowest BCUT2D eigenvalue weighted by molar-refractivity contribution is -0.131. The number of aromatic hydroxyl groups is 1. The van der Waals surface area contributed by atoms with Crippen molar-refractivity contribution in [3.05, 3.63) is 116 Å². The molecule has 338 valence electrons. The van der Waals surface area contributed by atoms with Crippen LogP contribution in [0.25, 0.3) is 21.9 Å². The molecule has 2 saturated heterocycles.